The molecule has 1 aliphatic rings. The molecule has 0 amide bonds. The Kier molecular flexibility index (Phi) is 2.71. The third-order valence-corrected chi connectivity index (χ3v) is 2.54. The van der Waals surface area contributed by atoms with E-state index >= 15 is 0 Å². The topological polar surface area (TPSA) is 27.7 Å². The maximum Gasteiger partial charge on any atom is 0.296 e. The Hall–Kier alpha value is -1.36. The van der Waals surface area contributed by atoms with Gasteiger partial charge < -0.3 is 14.2 Å². The van der Waals surface area contributed by atoms with Crippen LogP contribution in [-0.2, 0) is 17.3 Å². The van der Waals surface area contributed by atoms with E-state index in [0.29, 0.717) is 17.1 Å². The molecule has 5 heteroatoms. The normalized spacial score (nSPS) is 17.8. The maximum atomic E-state index is 13.5. The molecule has 0 N–H and O–H groups in total. The van der Waals surface area contributed by atoms with E-state index in [1.54, 1.807) is 0 Å². The van der Waals surface area contributed by atoms with E-state index in [1.807, 2.05) is 0 Å². The van der Waals surface area contributed by atoms with Crippen LogP contribution < -0.4 is 9.47 Å². The van der Waals surface area contributed by atoms with Crippen molar-refractivity contribution in [2.45, 2.75) is 12.5 Å². The number of fused-ring (bicyclic) bond motifs is 1. The maximum absolute atomic E-state index is 13.5. The van der Waals surface area contributed by atoms with Crippen LogP contribution in [0.4, 0.5) is 8.78 Å². The molecule has 3 nitrogen and oxygen atoms in total. The average Bonchev–Trinajstić information content (AvgIpc) is 2.27. The molecule has 1 aliphatic heterocycles. The zero-order chi connectivity index (χ0) is 11.8. The fraction of sp³-hybridized carbons (Fsp3) is 0.455. The molecule has 0 fully saturated rings. The number of hydrogen-bond acceptors (Lipinski definition) is 3. The zero-order valence-electron chi connectivity index (χ0n) is 9.05. The Labute approximate surface area is 91.9 Å². The Morgan fingerprint density at radius 2 is 1.81 bits per heavy atom. The molecule has 0 aliphatic carbocycles. The highest BCUT2D eigenvalue weighted by atomic mass is 19.3. The van der Waals surface area contributed by atoms with Crippen LogP contribution in [0.2, 0.25) is 0 Å². The molecule has 88 valence electrons. The number of halogens is 2. The van der Waals surface area contributed by atoms with Crippen LogP contribution in [0.5, 0.6) is 11.5 Å². The summed E-state index contributed by atoms with van der Waals surface area (Å²) >= 11 is 0. The molecule has 16 heavy (non-hydrogen) atoms. The molecular weight excluding hydrogens is 218 g/mol. The minimum absolute atomic E-state index is 0.0450. The molecule has 0 radical (unpaired) electrons. The summed E-state index contributed by atoms with van der Waals surface area (Å²) in [7, 11) is 2.88. The summed E-state index contributed by atoms with van der Waals surface area (Å²) in [6.07, 6.45) is 0. The third-order valence-electron chi connectivity index (χ3n) is 2.54. The predicted molar refractivity (Wildman–Crippen MR) is 53.1 cm³/mol. The fourth-order valence-corrected chi connectivity index (χ4v) is 1.75. The smallest absolute Gasteiger partial charge is 0.296 e. The molecule has 0 spiro atoms. The van der Waals surface area contributed by atoms with Gasteiger partial charge in [-0.25, -0.2) is 0 Å². The van der Waals surface area contributed by atoms with Crippen molar-refractivity contribution >= 4 is 0 Å². The predicted octanol–water partition coefficient (Wildman–Crippen LogP) is 2.33. The SMILES string of the molecule is COc1cc2c(cc1OC)C(F)(F)COC2. The van der Waals surface area contributed by atoms with Crippen LogP contribution in [0, 0.1) is 0 Å². The number of alkyl halides is 2. The Morgan fingerprint density at radius 3 is 2.44 bits per heavy atom. The Bertz CT molecular complexity index is 404. The van der Waals surface area contributed by atoms with Crippen LogP contribution in [0.25, 0.3) is 0 Å². The second kappa shape index (κ2) is 3.90. The summed E-state index contributed by atoms with van der Waals surface area (Å²) in [5.41, 5.74) is 0.394. The summed E-state index contributed by atoms with van der Waals surface area (Å²) in [6, 6.07) is 2.85. The standard InChI is InChI=1S/C11H12F2O3/c1-14-9-3-7-5-16-6-11(12,13)8(7)4-10(9)15-2/h3-4H,5-6H2,1-2H3. The Balaban J connectivity index is 2.55. The van der Waals surface area contributed by atoms with Gasteiger partial charge in [0.05, 0.1) is 20.8 Å². The van der Waals surface area contributed by atoms with Gasteiger partial charge in [0.15, 0.2) is 11.5 Å². The molecule has 0 saturated carbocycles. The summed E-state index contributed by atoms with van der Waals surface area (Å²) in [6.45, 7) is -0.416. The van der Waals surface area contributed by atoms with E-state index in [2.05, 4.69) is 0 Å². The highest BCUT2D eigenvalue weighted by molar-refractivity contribution is 5.49. The van der Waals surface area contributed by atoms with Gasteiger partial charge in [-0.15, -0.1) is 0 Å². The van der Waals surface area contributed by atoms with E-state index in [1.165, 1.54) is 26.4 Å². The van der Waals surface area contributed by atoms with Crippen molar-refractivity contribution in [1.82, 2.24) is 0 Å². The number of hydrogen-bond donors (Lipinski definition) is 0. The number of benzene rings is 1. The van der Waals surface area contributed by atoms with Crippen LogP contribution in [0.3, 0.4) is 0 Å². The highest BCUT2D eigenvalue weighted by Gasteiger charge is 2.38. The van der Waals surface area contributed by atoms with Gasteiger partial charge in [-0.3, -0.25) is 0 Å². The zero-order valence-corrected chi connectivity index (χ0v) is 9.05. The molecule has 0 aromatic heterocycles. The van der Waals surface area contributed by atoms with E-state index < -0.39 is 12.5 Å². The summed E-state index contributed by atoms with van der Waals surface area (Å²) in [5.74, 6) is -2.22. The van der Waals surface area contributed by atoms with Crippen molar-refractivity contribution in [1.29, 1.82) is 0 Å². The van der Waals surface area contributed by atoms with Crippen LogP contribution >= 0.6 is 0 Å². The largest absolute Gasteiger partial charge is 0.493 e. The first-order valence-corrected chi connectivity index (χ1v) is 4.79. The second-order valence-electron chi connectivity index (χ2n) is 3.56. The van der Waals surface area contributed by atoms with Crippen molar-refractivity contribution in [2.75, 3.05) is 20.8 Å². The molecule has 1 heterocycles. The number of ether oxygens (including phenoxy) is 3. The lowest BCUT2D eigenvalue weighted by Gasteiger charge is -2.26. The first kappa shape index (κ1) is 11.1. The van der Waals surface area contributed by atoms with Gasteiger partial charge in [0, 0.05) is 5.56 Å². The quantitative estimate of drug-likeness (QED) is 0.780. The molecule has 2 rings (SSSR count). The monoisotopic (exact) mass is 230 g/mol. The van der Waals surface area contributed by atoms with E-state index in [4.69, 9.17) is 14.2 Å². The molecule has 1 aromatic carbocycles. The minimum Gasteiger partial charge on any atom is -0.493 e. The lowest BCUT2D eigenvalue weighted by Crippen LogP contribution is -2.27. The highest BCUT2D eigenvalue weighted by Crippen LogP contribution is 2.41. The van der Waals surface area contributed by atoms with Gasteiger partial charge in [-0.1, -0.05) is 0 Å². The van der Waals surface area contributed by atoms with Gasteiger partial charge in [-0.2, -0.15) is 8.78 Å². The van der Waals surface area contributed by atoms with Crippen molar-refractivity contribution in [3.8, 4) is 11.5 Å². The summed E-state index contributed by atoms with van der Waals surface area (Å²) in [5, 5.41) is 0. The minimum atomic E-state index is -2.97. The molecular formula is C11H12F2O3. The van der Waals surface area contributed by atoms with E-state index in [-0.39, 0.29) is 12.2 Å². The van der Waals surface area contributed by atoms with Gasteiger partial charge in [0.25, 0.3) is 5.92 Å². The van der Waals surface area contributed by atoms with Crippen molar-refractivity contribution < 1.29 is 23.0 Å². The molecule has 0 unspecified atom stereocenters. The van der Waals surface area contributed by atoms with Crippen LogP contribution in [0.1, 0.15) is 11.1 Å². The third kappa shape index (κ3) is 1.71. The van der Waals surface area contributed by atoms with Crippen molar-refractivity contribution in [2.24, 2.45) is 0 Å². The van der Waals surface area contributed by atoms with Gasteiger partial charge in [-0.05, 0) is 17.7 Å². The first-order valence-electron chi connectivity index (χ1n) is 4.79. The fourth-order valence-electron chi connectivity index (χ4n) is 1.75. The number of rotatable bonds is 2. The molecule has 0 saturated heterocycles. The average molecular weight is 230 g/mol. The lowest BCUT2D eigenvalue weighted by molar-refractivity contribution is -0.103. The van der Waals surface area contributed by atoms with Crippen LogP contribution in [-0.4, -0.2) is 20.8 Å². The molecule has 0 bridgehead atoms. The van der Waals surface area contributed by atoms with Gasteiger partial charge >= 0.3 is 0 Å². The second-order valence-corrected chi connectivity index (χ2v) is 3.56. The molecule has 0 atom stereocenters. The van der Waals surface area contributed by atoms with Crippen molar-refractivity contribution in [3.63, 3.8) is 0 Å². The van der Waals surface area contributed by atoms with Gasteiger partial charge in [0.1, 0.15) is 6.61 Å². The van der Waals surface area contributed by atoms with E-state index in [9.17, 15) is 8.78 Å². The van der Waals surface area contributed by atoms with E-state index in [0.717, 1.165) is 0 Å². The van der Waals surface area contributed by atoms with Gasteiger partial charge in [0.2, 0.25) is 0 Å². The molecule has 1 aromatic rings. The first-order chi connectivity index (χ1) is 7.58. The van der Waals surface area contributed by atoms with Crippen molar-refractivity contribution in [3.05, 3.63) is 23.3 Å². The Morgan fingerprint density at radius 1 is 1.19 bits per heavy atom. The summed E-state index contributed by atoms with van der Waals surface area (Å²) in [4.78, 5) is 0. The summed E-state index contributed by atoms with van der Waals surface area (Å²) < 4.78 is 41.9. The lowest BCUT2D eigenvalue weighted by atomic mass is 9.99. The van der Waals surface area contributed by atoms with Crippen LogP contribution in [0.15, 0.2) is 12.1 Å². The number of methoxy groups -OCH3 is 2.